The van der Waals surface area contributed by atoms with Crippen LogP contribution >= 0.6 is 0 Å². The number of amides is 1. The molecule has 1 aromatic rings. The highest BCUT2D eigenvalue weighted by Crippen LogP contribution is 2.12. The fourth-order valence-electron chi connectivity index (χ4n) is 2.16. The molecular weight excluding hydrogens is 314 g/mol. The van der Waals surface area contributed by atoms with E-state index in [4.69, 9.17) is 19.8 Å². The fraction of sp³-hybridized carbons (Fsp3) is 0.438. The number of carbonyl (C=O) groups excluding carboxylic acids is 1. The molecular formula is C16H23N3O5. The van der Waals surface area contributed by atoms with E-state index >= 15 is 0 Å². The van der Waals surface area contributed by atoms with Crippen LogP contribution in [0.25, 0.3) is 0 Å². The minimum Gasteiger partial charge on any atom is -0.473 e. The van der Waals surface area contributed by atoms with Crippen molar-refractivity contribution in [3.8, 4) is 0 Å². The topological polar surface area (TPSA) is 110 Å². The number of nitrogens with zero attached hydrogens (tertiary/aromatic N) is 2. The van der Waals surface area contributed by atoms with Crippen molar-refractivity contribution in [2.75, 3.05) is 38.5 Å². The molecule has 0 aliphatic carbocycles. The lowest BCUT2D eigenvalue weighted by Crippen LogP contribution is -2.43. The molecule has 2 rings (SSSR count). The summed E-state index contributed by atoms with van der Waals surface area (Å²) in [5.74, 6) is -3.67. The van der Waals surface area contributed by atoms with Crippen molar-refractivity contribution in [3.05, 3.63) is 29.8 Å². The summed E-state index contributed by atoms with van der Waals surface area (Å²) in [7, 11) is 2.17. The summed E-state index contributed by atoms with van der Waals surface area (Å²) in [6.45, 7) is 7.06. The lowest BCUT2D eigenvalue weighted by molar-refractivity contribution is -0.159. The summed E-state index contributed by atoms with van der Waals surface area (Å²) < 4.78 is 0. The Morgan fingerprint density at radius 3 is 1.92 bits per heavy atom. The predicted molar refractivity (Wildman–Crippen MR) is 88.8 cm³/mol. The molecule has 0 bridgehead atoms. The van der Waals surface area contributed by atoms with Crippen molar-refractivity contribution in [3.63, 3.8) is 0 Å². The molecule has 1 aliphatic rings. The molecule has 132 valence electrons. The van der Waals surface area contributed by atoms with Crippen LogP contribution in [0, 0.1) is 0 Å². The van der Waals surface area contributed by atoms with Gasteiger partial charge in [-0.05, 0) is 24.7 Å². The zero-order valence-electron chi connectivity index (χ0n) is 13.9. The molecule has 0 spiro atoms. The Morgan fingerprint density at radius 1 is 1.00 bits per heavy atom. The SMILES string of the molecule is CC(=O)Nc1ccc(CN2CCN(C)CC2)cc1.O=C(O)C(=O)O. The zero-order chi connectivity index (χ0) is 18.1. The number of aliphatic carboxylic acids is 2. The van der Waals surface area contributed by atoms with E-state index in [2.05, 4.69) is 34.3 Å². The lowest BCUT2D eigenvalue weighted by Gasteiger charge is -2.32. The fourth-order valence-corrected chi connectivity index (χ4v) is 2.16. The van der Waals surface area contributed by atoms with Crippen LogP contribution in [0.2, 0.25) is 0 Å². The number of carbonyl (C=O) groups is 3. The van der Waals surface area contributed by atoms with Gasteiger partial charge in [0, 0.05) is 45.3 Å². The first-order valence-electron chi connectivity index (χ1n) is 7.51. The molecule has 0 saturated carbocycles. The van der Waals surface area contributed by atoms with Crippen LogP contribution in [0.3, 0.4) is 0 Å². The number of hydrogen-bond acceptors (Lipinski definition) is 5. The maximum atomic E-state index is 10.9. The Bertz CT molecular complexity index is 554. The van der Waals surface area contributed by atoms with Gasteiger partial charge in [-0.25, -0.2) is 9.59 Å². The summed E-state index contributed by atoms with van der Waals surface area (Å²) in [6.07, 6.45) is 0. The van der Waals surface area contributed by atoms with Crippen molar-refractivity contribution < 1.29 is 24.6 Å². The normalized spacial score (nSPS) is 15.1. The van der Waals surface area contributed by atoms with Gasteiger partial charge in [0.15, 0.2) is 0 Å². The lowest BCUT2D eigenvalue weighted by atomic mass is 10.2. The first-order chi connectivity index (χ1) is 11.3. The van der Waals surface area contributed by atoms with Crippen molar-refractivity contribution in [1.29, 1.82) is 0 Å². The van der Waals surface area contributed by atoms with E-state index in [1.165, 1.54) is 12.5 Å². The summed E-state index contributed by atoms with van der Waals surface area (Å²) in [6, 6.07) is 8.10. The summed E-state index contributed by atoms with van der Waals surface area (Å²) >= 11 is 0. The molecule has 1 fully saturated rings. The highest BCUT2D eigenvalue weighted by Gasteiger charge is 2.13. The molecule has 24 heavy (non-hydrogen) atoms. The van der Waals surface area contributed by atoms with E-state index in [0.29, 0.717) is 0 Å². The van der Waals surface area contributed by atoms with Crippen LogP contribution in [0.15, 0.2) is 24.3 Å². The van der Waals surface area contributed by atoms with Crippen molar-refractivity contribution in [1.82, 2.24) is 9.80 Å². The van der Waals surface area contributed by atoms with E-state index in [1.54, 1.807) is 0 Å². The standard InChI is InChI=1S/C14H21N3O.C2H2O4/c1-12(18)15-14-5-3-13(4-6-14)11-17-9-7-16(2)8-10-17;3-1(4)2(5)6/h3-6H,7-11H2,1-2H3,(H,15,18);(H,3,4)(H,5,6). The number of benzene rings is 1. The molecule has 1 aromatic carbocycles. The van der Waals surface area contributed by atoms with E-state index in [0.717, 1.165) is 38.4 Å². The molecule has 3 N–H and O–H groups in total. The maximum absolute atomic E-state index is 10.9. The smallest absolute Gasteiger partial charge is 0.414 e. The minimum atomic E-state index is -1.82. The minimum absolute atomic E-state index is 0.0261. The van der Waals surface area contributed by atoms with Crippen LogP contribution in [0.1, 0.15) is 12.5 Å². The molecule has 0 aromatic heterocycles. The monoisotopic (exact) mass is 337 g/mol. The second-order valence-electron chi connectivity index (χ2n) is 5.57. The van der Waals surface area contributed by atoms with Crippen LogP contribution in [-0.2, 0) is 20.9 Å². The Kier molecular flexibility index (Phi) is 7.87. The van der Waals surface area contributed by atoms with Gasteiger partial charge in [-0.1, -0.05) is 12.1 Å². The molecule has 1 heterocycles. The summed E-state index contributed by atoms with van der Waals surface area (Å²) in [4.78, 5) is 33.9. The molecule has 0 atom stereocenters. The number of likely N-dealkylation sites (N-methyl/N-ethyl adjacent to an activating group) is 1. The van der Waals surface area contributed by atoms with Gasteiger partial charge in [0.2, 0.25) is 5.91 Å². The van der Waals surface area contributed by atoms with Gasteiger partial charge in [0.25, 0.3) is 0 Å². The molecule has 8 heteroatoms. The molecule has 1 aliphatic heterocycles. The second-order valence-corrected chi connectivity index (χ2v) is 5.57. The van der Waals surface area contributed by atoms with Gasteiger partial charge in [0.1, 0.15) is 0 Å². The van der Waals surface area contributed by atoms with E-state index in [9.17, 15) is 4.79 Å². The highest BCUT2D eigenvalue weighted by molar-refractivity contribution is 6.27. The molecule has 0 radical (unpaired) electrons. The number of nitrogens with one attached hydrogen (secondary N) is 1. The largest absolute Gasteiger partial charge is 0.473 e. The Hall–Kier alpha value is -2.45. The molecule has 1 saturated heterocycles. The van der Waals surface area contributed by atoms with Gasteiger partial charge in [-0.3, -0.25) is 9.69 Å². The summed E-state index contributed by atoms with van der Waals surface area (Å²) in [5.41, 5.74) is 2.17. The number of rotatable bonds is 3. The number of piperazine rings is 1. The third-order valence-electron chi connectivity index (χ3n) is 3.46. The van der Waals surface area contributed by atoms with Gasteiger partial charge in [0.05, 0.1) is 0 Å². The van der Waals surface area contributed by atoms with Crippen LogP contribution in [-0.4, -0.2) is 71.1 Å². The first-order valence-corrected chi connectivity index (χ1v) is 7.51. The molecule has 0 unspecified atom stereocenters. The Morgan fingerprint density at radius 2 is 1.50 bits per heavy atom. The van der Waals surface area contributed by atoms with Gasteiger partial charge in [-0.2, -0.15) is 0 Å². The second kappa shape index (κ2) is 9.64. The first kappa shape index (κ1) is 19.6. The predicted octanol–water partition coefficient (Wildman–Crippen LogP) is 0.548. The molecule has 8 nitrogen and oxygen atoms in total. The number of hydrogen-bond donors (Lipinski definition) is 3. The summed E-state index contributed by atoms with van der Waals surface area (Å²) in [5, 5.41) is 17.6. The van der Waals surface area contributed by atoms with E-state index < -0.39 is 11.9 Å². The Labute approximate surface area is 140 Å². The van der Waals surface area contributed by atoms with Crippen molar-refractivity contribution in [2.45, 2.75) is 13.5 Å². The average Bonchev–Trinajstić information content (AvgIpc) is 2.51. The van der Waals surface area contributed by atoms with Crippen LogP contribution < -0.4 is 5.32 Å². The Balaban J connectivity index is 0.000000413. The van der Waals surface area contributed by atoms with Crippen molar-refractivity contribution in [2.24, 2.45) is 0 Å². The van der Waals surface area contributed by atoms with Crippen LogP contribution in [0.5, 0.6) is 0 Å². The average molecular weight is 337 g/mol. The van der Waals surface area contributed by atoms with E-state index in [1.807, 2.05) is 12.1 Å². The third kappa shape index (κ3) is 7.70. The highest BCUT2D eigenvalue weighted by atomic mass is 16.4. The van der Waals surface area contributed by atoms with Crippen LogP contribution in [0.4, 0.5) is 5.69 Å². The third-order valence-corrected chi connectivity index (χ3v) is 3.46. The molecule has 1 amide bonds. The van der Waals surface area contributed by atoms with Gasteiger partial charge in [-0.15, -0.1) is 0 Å². The number of anilines is 1. The van der Waals surface area contributed by atoms with Gasteiger partial charge >= 0.3 is 11.9 Å². The quantitative estimate of drug-likeness (QED) is 0.691. The van der Waals surface area contributed by atoms with E-state index in [-0.39, 0.29) is 5.91 Å². The van der Waals surface area contributed by atoms with Crippen molar-refractivity contribution >= 4 is 23.5 Å². The zero-order valence-corrected chi connectivity index (χ0v) is 13.9. The van der Waals surface area contributed by atoms with Gasteiger partial charge < -0.3 is 20.4 Å². The maximum Gasteiger partial charge on any atom is 0.414 e. The number of carboxylic acid groups (broad SMARTS) is 2. The number of carboxylic acids is 2.